The van der Waals surface area contributed by atoms with E-state index in [1.807, 2.05) is 26.0 Å². The summed E-state index contributed by atoms with van der Waals surface area (Å²) in [5, 5.41) is 8.99. The summed E-state index contributed by atoms with van der Waals surface area (Å²) < 4.78 is 16.9. The van der Waals surface area contributed by atoms with Crippen molar-refractivity contribution in [1.82, 2.24) is 15.1 Å². The summed E-state index contributed by atoms with van der Waals surface area (Å²) in [7, 11) is 0. The molecule has 3 aromatic rings. The molecule has 4 rings (SSSR count). The van der Waals surface area contributed by atoms with Gasteiger partial charge in [0, 0.05) is 11.6 Å². The number of amides is 1. The van der Waals surface area contributed by atoms with Crippen molar-refractivity contribution in [3.05, 3.63) is 57.9 Å². The standard InChI is InChI=1S/C21H19Cl2N3O4/c1-12(2)26(11-18-24-25-20(30-18)14-5-3-4-6-15(14)22)21(27)13-9-16(23)19-17(10-13)28-7-8-29-19/h3-6,9-10,12H,7-8,11H2,1-2H3. The molecule has 2 aromatic carbocycles. The van der Waals surface area contributed by atoms with E-state index in [9.17, 15) is 4.79 Å². The molecule has 1 amide bonds. The first kappa shape index (κ1) is 20.5. The van der Waals surface area contributed by atoms with Gasteiger partial charge in [-0.05, 0) is 38.1 Å². The van der Waals surface area contributed by atoms with Crippen LogP contribution >= 0.6 is 23.2 Å². The maximum Gasteiger partial charge on any atom is 0.254 e. The zero-order valence-corrected chi connectivity index (χ0v) is 17.9. The van der Waals surface area contributed by atoms with Gasteiger partial charge in [0.2, 0.25) is 11.8 Å². The minimum atomic E-state index is -0.235. The molecule has 156 valence electrons. The van der Waals surface area contributed by atoms with Crippen molar-refractivity contribution < 1.29 is 18.7 Å². The Morgan fingerprint density at radius 1 is 1.10 bits per heavy atom. The molecule has 0 saturated heterocycles. The maximum atomic E-state index is 13.2. The molecule has 1 aromatic heterocycles. The molecule has 0 aliphatic carbocycles. The number of aromatic nitrogens is 2. The first-order valence-electron chi connectivity index (χ1n) is 9.41. The SMILES string of the molecule is CC(C)N(Cc1nnc(-c2ccccc2Cl)o1)C(=O)c1cc(Cl)c2c(c1)OCCO2. The minimum Gasteiger partial charge on any atom is -0.486 e. The molecule has 0 unspecified atom stereocenters. The van der Waals surface area contributed by atoms with Crippen LogP contribution in [0.3, 0.4) is 0 Å². The number of halogens is 2. The van der Waals surface area contributed by atoms with Gasteiger partial charge in [-0.25, -0.2) is 0 Å². The topological polar surface area (TPSA) is 77.7 Å². The summed E-state index contributed by atoms with van der Waals surface area (Å²) in [6.45, 7) is 4.77. The molecule has 0 atom stereocenters. The molecule has 0 bridgehead atoms. The van der Waals surface area contributed by atoms with Crippen LogP contribution in [0, 0.1) is 0 Å². The second-order valence-corrected chi connectivity index (χ2v) is 7.80. The lowest BCUT2D eigenvalue weighted by Crippen LogP contribution is -2.36. The second kappa shape index (κ2) is 8.53. The predicted molar refractivity (Wildman–Crippen MR) is 112 cm³/mol. The molecule has 30 heavy (non-hydrogen) atoms. The van der Waals surface area contributed by atoms with Crippen LogP contribution in [0.5, 0.6) is 11.5 Å². The summed E-state index contributed by atoms with van der Waals surface area (Å²) in [6.07, 6.45) is 0. The number of benzene rings is 2. The summed E-state index contributed by atoms with van der Waals surface area (Å²) in [5.74, 6) is 1.28. The molecular formula is C21H19Cl2N3O4. The van der Waals surface area contributed by atoms with E-state index in [4.69, 9.17) is 37.1 Å². The third kappa shape index (κ3) is 4.08. The first-order chi connectivity index (χ1) is 14.4. The third-order valence-corrected chi connectivity index (χ3v) is 5.22. The Balaban J connectivity index is 1.59. The van der Waals surface area contributed by atoms with Gasteiger partial charge < -0.3 is 18.8 Å². The molecular weight excluding hydrogens is 429 g/mol. The Bertz CT molecular complexity index is 1080. The highest BCUT2D eigenvalue weighted by molar-refractivity contribution is 6.33. The number of nitrogens with zero attached hydrogens (tertiary/aromatic N) is 3. The molecule has 1 aliphatic heterocycles. The number of hydrogen-bond acceptors (Lipinski definition) is 6. The fourth-order valence-corrected chi connectivity index (χ4v) is 3.58. The van der Waals surface area contributed by atoms with Gasteiger partial charge in [-0.1, -0.05) is 35.3 Å². The Morgan fingerprint density at radius 2 is 1.87 bits per heavy atom. The van der Waals surface area contributed by atoms with Gasteiger partial charge >= 0.3 is 0 Å². The van der Waals surface area contributed by atoms with Crippen molar-refractivity contribution in [1.29, 1.82) is 0 Å². The lowest BCUT2D eigenvalue weighted by molar-refractivity contribution is 0.0671. The number of fused-ring (bicyclic) bond motifs is 1. The van der Waals surface area contributed by atoms with E-state index >= 15 is 0 Å². The van der Waals surface area contributed by atoms with Crippen molar-refractivity contribution in [3.8, 4) is 23.0 Å². The van der Waals surface area contributed by atoms with Gasteiger partial charge in [-0.2, -0.15) is 0 Å². The molecule has 2 heterocycles. The molecule has 9 heteroatoms. The fraction of sp³-hybridized carbons (Fsp3) is 0.286. The molecule has 0 fully saturated rings. The van der Waals surface area contributed by atoms with Crippen LogP contribution in [0.25, 0.3) is 11.5 Å². The number of carbonyl (C=O) groups excluding carboxylic acids is 1. The monoisotopic (exact) mass is 447 g/mol. The van der Waals surface area contributed by atoms with Crippen molar-refractivity contribution in [2.24, 2.45) is 0 Å². The van der Waals surface area contributed by atoms with Crippen LogP contribution in [-0.4, -0.2) is 40.3 Å². The van der Waals surface area contributed by atoms with Crippen molar-refractivity contribution in [2.45, 2.75) is 26.4 Å². The number of carbonyl (C=O) groups is 1. The summed E-state index contributed by atoms with van der Waals surface area (Å²) >= 11 is 12.5. The van der Waals surface area contributed by atoms with Crippen molar-refractivity contribution >= 4 is 29.1 Å². The van der Waals surface area contributed by atoms with Crippen LogP contribution in [0.4, 0.5) is 0 Å². The molecule has 0 spiro atoms. The Morgan fingerprint density at radius 3 is 2.63 bits per heavy atom. The number of ether oxygens (including phenoxy) is 2. The van der Waals surface area contributed by atoms with Crippen LogP contribution in [0.2, 0.25) is 10.0 Å². The van der Waals surface area contributed by atoms with Crippen LogP contribution < -0.4 is 9.47 Å². The number of rotatable bonds is 5. The molecule has 0 N–H and O–H groups in total. The largest absolute Gasteiger partial charge is 0.486 e. The van der Waals surface area contributed by atoms with Gasteiger partial charge in [0.05, 0.1) is 22.2 Å². The van der Waals surface area contributed by atoms with E-state index in [0.717, 1.165) is 0 Å². The van der Waals surface area contributed by atoms with E-state index < -0.39 is 0 Å². The maximum absolute atomic E-state index is 13.2. The average molecular weight is 448 g/mol. The quantitative estimate of drug-likeness (QED) is 0.555. The third-order valence-electron chi connectivity index (χ3n) is 4.60. The van der Waals surface area contributed by atoms with Crippen molar-refractivity contribution in [3.63, 3.8) is 0 Å². The highest BCUT2D eigenvalue weighted by Crippen LogP contribution is 2.38. The fourth-order valence-electron chi connectivity index (χ4n) is 3.10. The van der Waals surface area contributed by atoms with Gasteiger partial charge in [0.1, 0.15) is 13.2 Å². The van der Waals surface area contributed by atoms with E-state index in [0.29, 0.717) is 57.7 Å². The first-order valence-corrected chi connectivity index (χ1v) is 10.2. The van der Waals surface area contributed by atoms with Gasteiger partial charge in [0.25, 0.3) is 5.91 Å². The molecule has 0 radical (unpaired) electrons. The minimum absolute atomic E-state index is 0.125. The second-order valence-electron chi connectivity index (χ2n) is 6.99. The zero-order valence-electron chi connectivity index (χ0n) is 16.4. The van der Waals surface area contributed by atoms with E-state index in [2.05, 4.69) is 10.2 Å². The van der Waals surface area contributed by atoms with Crippen molar-refractivity contribution in [2.75, 3.05) is 13.2 Å². The van der Waals surface area contributed by atoms with Gasteiger partial charge in [-0.3, -0.25) is 4.79 Å². The zero-order chi connectivity index (χ0) is 21.3. The summed E-state index contributed by atoms with van der Waals surface area (Å²) in [4.78, 5) is 14.8. The lowest BCUT2D eigenvalue weighted by Gasteiger charge is -2.26. The Labute approximate surface area is 183 Å². The molecule has 0 saturated carbocycles. The lowest BCUT2D eigenvalue weighted by atomic mass is 10.1. The molecule has 7 nitrogen and oxygen atoms in total. The summed E-state index contributed by atoms with van der Waals surface area (Å²) in [6, 6.07) is 10.3. The smallest absolute Gasteiger partial charge is 0.254 e. The Kier molecular flexibility index (Phi) is 5.83. The van der Waals surface area contributed by atoms with E-state index in [1.54, 1.807) is 29.2 Å². The van der Waals surface area contributed by atoms with Gasteiger partial charge in [0.15, 0.2) is 11.5 Å². The van der Waals surface area contributed by atoms with Crippen LogP contribution in [-0.2, 0) is 6.54 Å². The van der Waals surface area contributed by atoms with E-state index in [1.165, 1.54) is 0 Å². The normalized spacial score (nSPS) is 12.8. The van der Waals surface area contributed by atoms with E-state index in [-0.39, 0.29) is 18.5 Å². The Hall–Kier alpha value is -2.77. The van der Waals surface area contributed by atoms with Crippen LogP contribution in [0.15, 0.2) is 40.8 Å². The number of hydrogen-bond donors (Lipinski definition) is 0. The molecule has 1 aliphatic rings. The van der Waals surface area contributed by atoms with Gasteiger partial charge in [-0.15, -0.1) is 10.2 Å². The predicted octanol–water partition coefficient (Wildman–Crippen LogP) is 4.87. The van der Waals surface area contributed by atoms with Crippen LogP contribution in [0.1, 0.15) is 30.1 Å². The average Bonchev–Trinajstić information content (AvgIpc) is 3.20. The highest BCUT2D eigenvalue weighted by Gasteiger charge is 2.25. The summed E-state index contributed by atoms with van der Waals surface area (Å²) in [5.41, 5.74) is 1.03. The highest BCUT2D eigenvalue weighted by atomic mass is 35.5.